The Morgan fingerprint density at radius 1 is 1.89 bits per heavy atom. The number of hydrazine groups is 2. The van der Waals surface area contributed by atoms with Crippen molar-refractivity contribution in [1.29, 1.82) is 0 Å². The van der Waals surface area contributed by atoms with Crippen LogP contribution >= 0.6 is 11.9 Å². The fourth-order valence-corrected chi connectivity index (χ4v) is 0.886. The molecular weight excluding hydrogens is 140 g/mol. The van der Waals surface area contributed by atoms with Gasteiger partial charge < -0.3 is 5.73 Å². The summed E-state index contributed by atoms with van der Waals surface area (Å²) in [5.41, 5.74) is 9.79. The largest absolute Gasteiger partial charge is 0.350 e. The van der Waals surface area contributed by atoms with Gasteiger partial charge in [-0.2, -0.15) is 0 Å². The number of amides is 2. The van der Waals surface area contributed by atoms with Gasteiger partial charge in [0, 0.05) is 11.6 Å². The molecule has 0 atom stereocenters. The Bertz CT molecular complexity index is 139. The second-order valence-corrected chi connectivity index (χ2v) is 2.16. The van der Waals surface area contributed by atoms with Crippen LogP contribution in [0.15, 0.2) is 11.6 Å². The lowest BCUT2D eigenvalue weighted by Crippen LogP contribution is -2.44. The lowest BCUT2D eigenvalue weighted by molar-refractivity contribution is 0.225. The summed E-state index contributed by atoms with van der Waals surface area (Å²) in [4.78, 5) is 10.1. The first-order chi connectivity index (χ1) is 4.29. The van der Waals surface area contributed by atoms with Gasteiger partial charge in [-0.05, 0) is 11.9 Å². The number of carbonyl (C=O) groups excluding carboxylic acids is 1. The van der Waals surface area contributed by atoms with Crippen LogP contribution < -0.4 is 16.6 Å². The smallest absolute Gasteiger partial charge is 0.328 e. The summed E-state index contributed by atoms with van der Waals surface area (Å²) in [6.45, 7) is 0. The third kappa shape index (κ3) is 1.82. The van der Waals surface area contributed by atoms with Crippen molar-refractivity contribution in [3.05, 3.63) is 11.6 Å². The van der Waals surface area contributed by atoms with Crippen LogP contribution in [0.4, 0.5) is 4.79 Å². The molecule has 0 aromatic carbocycles. The molecule has 0 aromatic heterocycles. The van der Waals surface area contributed by atoms with Gasteiger partial charge in [-0.3, -0.25) is 5.43 Å². The molecule has 0 bridgehead atoms. The van der Waals surface area contributed by atoms with Crippen molar-refractivity contribution < 1.29 is 4.79 Å². The number of nitrogens with zero attached hydrogens (tertiary/aromatic N) is 1. The van der Waals surface area contributed by atoms with E-state index in [0.29, 0.717) is 0 Å². The summed E-state index contributed by atoms with van der Waals surface area (Å²) in [5, 5.41) is 1.77. The highest BCUT2D eigenvalue weighted by molar-refractivity contribution is 8.00. The lowest BCUT2D eigenvalue weighted by atomic mass is 11.1. The number of primary amides is 1. The number of urea groups is 1. The molecule has 0 radical (unpaired) electrons. The van der Waals surface area contributed by atoms with E-state index in [9.17, 15) is 4.79 Å². The Labute approximate surface area is 56.3 Å². The van der Waals surface area contributed by atoms with Crippen molar-refractivity contribution >= 4 is 18.0 Å². The van der Waals surface area contributed by atoms with Crippen LogP contribution in [-0.4, -0.2) is 10.6 Å². The van der Waals surface area contributed by atoms with Gasteiger partial charge in [0.2, 0.25) is 0 Å². The first-order valence-corrected chi connectivity index (χ1v) is 3.07. The van der Waals surface area contributed by atoms with Gasteiger partial charge in [0.25, 0.3) is 0 Å². The molecule has 50 valence electrons. The number of nitrogens with one attached hydrogen (secondary N) is 2. The summed E-state index contributed by atoms with van der Waals surface area (Å²) in [7, 11) is 0. The van der Waals surface area contributed by atoms with Crippen molar-refractivity contribution in [3.63, 3.8) is 0 Å². The van der Waals surface area contributed by atoms with Gasteiger partial charge in [-0.15, -0.1) is 0 Å². The quantitative estimate of drug-likeness (QED) is 0.436. The second kappa shape index (κ2) is 2.60. The average Bonchev–Trinajstić information content (AvgIpc) is 2.15. The SMILES string of the molecule is NC(=O)NN1NC=CS1. The number of hydrogen-bond donors (Lipinski definition) is 3. The lowest BCUT2D eigenvalue weighted by Gasteiger charge is -2.12. The molecule has 0 fully saturated rings. The van der Waals surface area contributed by atoms with Crippen molar-refractivity contribution in [2.24, 2.45) is 5.73 Å². The van der Waals surface area contributed by atoms with Crippen LogP contribution in [0.25, 0.3) is 0 Å². The molecule has 1 heterocycles. The number of carbonyl (C=O) groups is 1. The standard InChI is InChI=1S/C3H6N4OS/c4-3(8)6-7-5-1-2-9-7/h1-2,5H,(H3,4,6,8). The van der Waals surface area contributed by atoms with Gasteiger partial charge >= 0.3 is 6.03 Å². The van der Waals surface area contributed by atoms with Gasteiger partial charge in [0.05, 0.1) is 0 Å². The molecule has 2 amide bonds. The van der Waals surface area contributed by atoms with Gasteiger partial charge in [-0.25, -0.2) is 10.2 Å². The maximum atomic E-state index is 10.1. The van der Waals surface area contributed by atoms with E-state index in [2.05, 4.69) is 10.9 Å². The van der Waals surface area contributed by atoms with Gasteiger partial charge in [-0.1, -0.05) is 4.52 Å². The minimum Gasteiger partial charge on any atom is -0.350 e. The van der Waals surface area contributed by atoms with E-state index in [1.807, 2.05) is 0 Å². The zero-order valence-electron chi connectivity index (χ0n) is 4.50. The highest BCUT2D eigenvalue weighted by Crippen LogP contribution is 2.08. The highest BCUT2D eigenvalue weighted by atomic mass is 32.2. The number of hydrogen-bond acceptors (Lipinski definition) is 4. The third-order valence-electron chi connectivity index (χ3n) is 0.638. The molecule has 0 unspecified atom stereocenters. The summed E-state index contributed by atoms with van der Waals surface area (Å²) in [6.07, 6.45) is 1.68. The topological polar surface area (TPSA) is 70.4 Å². The van der Waals surface area contributed by atoms with Crippen LogP contribution in [0, 0.1) is 0 Å². The summed E-state index contributed by atoms with van der Waals surface area (Å²) < 4.78 is 1.39. The zero-order chi connectivity index (χ0) is 6.69. The Hall–Kier alpha value is -0.880. The van der Waals surface area contributed by atoms with Crippen LogP contribution in [0.1, 0.15) is 0 Å². The first-order valence-electron chi connectivity index (χ1n) is 2.23. The average molecular weight is 146 g/mol. The fourth-order valence-electron chi connectivity index (χ4n) is 0.379. The Morgan fingerprint density at radius 3 is 3.11 bits per heavy atom. The van der Waals surface area contributed by atoms with Crippen LogP contribution in [-0.2, 0) is 0 Å². The first kappa shape index (κ1) is 6.24. The van der Waals surface area contributed by atoms with E-state index >= 15 is 0 Å². The molecule has 0 saturated carbocycles. The molecule has 4 N–H and O–H groups in total. The Balaban J connectivity index is 2.22. The Kier molecular flexibility index (Phi) is 1.81. The number of rotatable bonds is 1. The Morgan fingerprint density at radius 2 is 2.67 bits per heavy atom. The highest BCUT2D eigenvalue weighted by Gasteiger charge is 2.06. The minimum atomic E-state index is -0.585. The predicted octanol–water partition coefficient (Wildman–Crippen LogP) is -0.491. The van der Waals surface area contributed by atoms with E-state index in [0.717, 1.165) is 0 Å². The maximum Gasteiger partial charge on any atom is 0.328 e. The normalized spacial score (nSPS) is 17.3. The van der Waals surface area contributed by atoms with Gasteiger partial charge in [0.15, 0.2) is 0 Å². The molecule has 6 heteroatoms. The summed E-state index contributed by atoms with van der Waals surface area (Å²) >= 11 is 1.30. The molecule has 1 rings (SSSR count). The van der Waals surface area contributed by atoms with Gasteiger partial charge in [0.1, 0.15) is 0 Å². The molecule has 0 spiro atoms. The van der Waals surface area contributed by atoms with Crippen LogP contribution in [0.2, 0.25) is 0 Å². The van der Waals surface area contributed by atoms with Crippen LogP contribution in [0.3, 0.4) is 0 Å². The molecule has 1 aliphatic rings. The summed E-state index contributed by atoms with van der Waals surface area (Å²) in [5.74, 6) is 0. The van der Waals surface area contributed by atoms with Crippen molar-refractivity contribution in [2.75, 3.05) is 0 Å². The molecule has 1 aliphatic heterocycles. The van der Waals surface area contributed by atoms with Crippen molar-refractivity contribution in [3.8, 4) is 0 Å². The predicted molar refractivity (Wildman–Crippen MR) is 34.4 cm³/mol. The van der Waals surface area contributed by atoms with Crippen molar-refractivity contribution in [1.82, 2.24) is 15.4 Å². The fraction of sp³-hybridized carbons (Fsp3) is 0. The molecule has 5 nitrogen and oxygen atoms in total. The zero-order valence-corrected chi connectivity index (χ0v) is 5.31. The summed E-state index contributed by atoms with van der Waals surface area (Å²) in [6, 6.07) is -0.585. The van der Waals surface area contributed by atoms with Crippen LogP contribution in [0.5, 0.6) is 0 Å². The maximum absolute atomic E-state index is 10.1. The van der Waals surface area contributed by atoms with E-state index < -0.39 is 6.03 Å². The second-order valence-electron chi connectivity index (χ2n) is 1.31. The molecule has 0 aromatic rings. The van der Waals surface area contributed by atoms with E-state index in [1.54, 1.807) is 11.6 Å². The van der Waals surface area contributed by atoms with E-state index in [-0.39, 0.29) is 0 Å². The molecule has 9 heavy (non-hydrogen) atoms. The third-order valence-corrected chi connectivity index (χ3v) is 1.30. The van der Waals surface area contributed by atoms with E-state index in [1.165, 1.54) is 16.5 Å². The van der Waals surface area contributed by atoms with E-state index in [4.69, 9.17) is 5.73 Å². The van der Waals surface area contributed by atoms with Crippen molar-refractivity contribution in [2.45, 2.75) is 0 Å². The molecule has 0 aliphatic carbocycles. The monoisotopic (exact) mass is 146 g/mol. The molecule has 0 saturated heterocycles. The minimum absolute atomic E-state index is 0.585. The molecular formula is C3H6N4OS. The number of nitrogens with two attached hydrogens (primary N) is 1.